The highest BCUT2D eigenvalue weighted by Crippen LogP contribution is 2.54. The number of thiazole rings is 1. The zero-order valence-corrected chi connectivity index (χ0v) is 25.2. The molecule has 7 rings (SSSR count). The van der Waals surface area contributed by atoms with Crippen LogP contribution in [0.15, 0.2) is 22.4 Å². The Bertz CT molecular complexity index is 1380. The lowest BCUT2D eigenvalue weighted by Crippen LogP contribution is -2.74. The zero-order valence-electron chi connectivity index (χ0n) is 24.3. The second-order valence-electron chi connectivity index (χ2n) is 12.5. The monoisotopic (exact) mass is 640 g/mol. The Morgan fingerprint density at radius 3 is 2.59 bits per heavy atom. The molecule has 5 aliphatic rings. The fraction of sp³-hybridized carbons (Fsp3) is 0.679. The summed E-state index contributed by atoms with van der Waals surface area (Å²) in [5.74, 6) is -3.37. The van der Waals surface area contributed by atoms with Crippen LogP contribution in [-0.4, -0.2) is 90.7 Å². The van der Waals surface area contributed by atoms with Crippen LogP contribution < -0.4 is 16.0 Å². The normalized spacial score (nSPS) is 31.2. The van der Waals surface area contributed by atoms with Gasteiger partial charge >= 0.3 is 6.18 Å². The van der Waals surface area contributed by atoms with Gasteiger partial charge < -0.3 is 34.7 Å². The maximum Gasteiger partial charge on any atom is 0.436 e. The summed E-state index contributed by atoms with van der Waals surface area (Å²) in [6.07, 6.45) is 0.457. The number of anilines is 1. The Balaban J connectivity index is 1.35. The number of nitrogens with two attached hydrogens (primary N) is 1. The highest BCUT2D eigenvalue weighted by atomic mass is 32.1. The van der Waals surface area contributed by atoms with Crippen molar-refractivity contribution in [2.45, 2.75) is 57.0 Å². The van der Waals surface area contributed by atoms with Gasteiger partial charge in [-0.25, -0.2) is 0 Å². The second kappa shape index (κ2) is 11.3. The standard InChI is InChI=1S/C28H35F3N6O6S/c1-15(42-12-26-5-3-16(4-6-26)43-13-26)20(23(39)33-2)21-27(11-37(21)25-35-19(9-41-25)28(29,30)31)10-36(8-17(27)22(32)38)24(40)18-7-34-14-44-18/h7,9,14-17,20-21H,3-6,8,10-13H2,1-2H3,(H2,32,38)(H,33,39)/t15-,16?,17?,20-,21?,26?,27?/m1/s1. The number of nitrogens with zero attached hydrogens (tertiary/aromatic N) is 4. The summed E-state index contributed by atoms with van der Waals surface area (Å²) in [5.41, 5.74) is 4.93. The van der Waals surface area contributed by atoms with Crippen LogP contribution in [0.2, 0.25) is 0 Å². The van der Waals surface area contributed by atoms with Gasteiger partial charge in [-0.1, -0.05) is 0 Å². The molecule has 240 valence electrons. The summed E-state index contributed by atoms with van der Waals surface area (Å²) in [6, 6.07) is -1.29. The third-order valence-corrected chi connectivity index (χ3v) is 10.7. The Hall–Kier alpha value is -3.24. The lowest BCUT2D eigenvalue weighted by molar-refractivity contribution is -0.162. The summed E-state index contributed by atoms with van der Waals surface area (Å²) < 4.78 is 58.1. The Kier molecular flexibility index (Phi) is 7.89. The fourth-order valence-corrected chi connectivity index (χ4v) is 8.14. The molecule has 16 heteroatoms. The number of aromatic nitrogens is 2. The van der Waals surface area contributed by atoms with E-state index in [4.69, 9.17) is 19.6 Å². The number of carbonyl (C=O) groups is 3. The minimum atomic E-state index is -4.75. The van der Waals surface area contributed by atoms with E-state index in [2.05, 4.69) is 15.3 Å². The average molecular weight is 641 g/mol. The van der Waals surface area contributed by atoms with E-state index in [0.717, 1.165) is 37.0 Å². The third kappa shape index (κ3) is 5.23. The van der Waals surface area contributed by atoms with Gasteiger partial charge in [0.05, 0.1) is 55.0 Å². The van der Waals surface area contributed by atoms with E-state index in [9.17, 15) is 27.6 Å². The second-order valence-corrected chi connectivity index (χ2v) is 13.4. The number of hydrogen-bond donors (Lipinski definition) is 2. The van der Waals surface area contributed by atoms with Crippen LogP contribution in [0.4, 0.5) is 19.2 Å². The largest absolute Gasteiger partial charge is 0.436 e. The van der Waals surface area contributed by atoms with Crippen LogP contribution in [0.1, 0.15) is 48.0 Å². The van der Waals surface area contributed by atoms with Gasteiger partial charge in [0.2, 0.25) is 11.8 Å². The molecule has 0 aromatic carbocycles. The molecule has 4 saturated heterocycles. The zero-order chi connectivity index (χ0) is 31.4. The van der Waals surface area contributed by atoms with E-state index in [1.807, 2.05) is 0 Å². The maximum absolute atomic E-state index is 13.7. The SMILES string of the molecule is CNC(=O)[C@@H](C1N(c2nc(C(F)(F)F)co2)CC12CN(C(=O)c1cncs1)CC2C(N)=O)[C@@H](C)OCC12CCC(CC1)OC2. The minimum Gasteiger partial charge on any atom is -0.431 e. The van der Waals surface area contributed by atoms with E-state index >= 15 is 0 Å². The van der Waals surface area contributed by atoms with E-state index in [1.165, 1.54) is 28.6 Å². The summed E-state index contributed by atoms with van der Waals surface area (Å²) in [6.45, 7) is 2.62. The number of nitrogens with one attached hydrogen (secondary N) is 1. The molecular formula is C28H35F3N6O6S. The molecule has 12 nitrogen and oxygen atoms in total. The van der Waals surface area contributed by atoms with E-state index in [1.54, 1.807) is 6.92 Å². The fourth-order valence-electron chi connectivity index (χ4n) is 7.56. The number of carbonyl (C=O) groups excluding carboxylic acids is 3. The molecule has 2 aromatic rings. The van der Waals surface area contributed by atoms with Crippen LogP contribution in [0.25, 0.3) is 0 Å². The molecular weight excluding hydrogens is 605 g/mol. The van der Waals surface area contributed by atoms with E-state index in [-0.39, 0.29) is 43.1 Å². The van der Waals surface area contributed by atoms with Crippen LogP contribution >= 0.6 is 11.3 Å². The van der Waals surface area contributed by atoms with E-state index < -0.39 is 53.1 Å². The lowest BCUT2D eigenvalue weighted by atomic mass is 9.60. The van der Waals surface area contributed by atoms with Gasteiger partial charge in [-0.05, 0) is 32.6 Å². The number of alkyl halides is 3. The topological polar surface area (TPSA) is 153 Å². The van der Waals surface area contributed by atoms with Gasteiger partial charge in [0.15, 0.2) is 5.69 Å². The van der Waals surface area contributed by atoms with Gasteiger partial charge in [-0.3, -0.25) is 19.4 Å². The number of rotatable bonds is 9. The predicted molar refractivity (Wildman–Crippen MR) is 149 cm³/mol. The van der Waals surface area contributed by atoms with Crippen molar-refractivity contribution in [1.82, 2.24) is 20.2 Å². The number of hydrogen-bond acceptors (Lipinski definition) is 10. The predicted octanol–water partition coefficient (Wildman–Crippen LogP) is 2.31. The number of primary amides is 1. The average Bonchev–Trinajstić information content (AvgIpc) is 3.78. The van der Waals surface area contributed by atoms with Gasteiger partial charge in [-0.2, -0.15) is 18.2 Å². The maximum atomic E-state index is 13.7. The molecule has 6 heterocycles. The van der Waals surface area contributed by atoms with Crippen molar-refractivity contribution < 1.29 is 41.4 Å². The molecule has 5 fully saturated rings. The highest BCUT2D eigenvalue weighted by molar-refractivity contribution is 7.11. The van der Waals surface area contributed by atoms with Crippen LogP contribution in [0.3, 0.4) is 0 Å². The van der Waals surface area contributed by atoms with Crippen LogP contribution in [0, 0.1) is 22.7 Å². The quantitative estimate of drug-likeness (QED) is 0.421. The van der Waals surface area contributed by atoms with Crippen molar-refractivity contribution >= 4 is 35.1 Å². The van der Waals surface area contributed by atoms with Crippen molar-refractivity contribution in [3.63, 3.8) is 0 Å². The molecule has 3 N–H and O–H groups in total. The summed E-state index contributed by atoms with van der Waals surface area (Å²) in [5, 5.41) is 2.67. The third-order valence-electron chi connectivity index (χ3n) is 9.94. The van der Waals surface area contributed by atoms with Crippen LogP contribution in [0.5, 0.6) is 0 Å². The first kappa shape index (κ1) is 30.8. The van der Waals surface area contributed by atoms with Crippen LogP contribution in [-0.2, 0) is 25.2 Å². The first-order chi connectivity index (χ1) is 20.9. The minimum absolute atomic E-state index is 0.0189. The Labute approximate surface area is 255 Å². The first-order valence-corrected chi connectivity index (χ1v) is 15.5. The molecule has 5 atom stereocenters. The Morgan fingerprint density at radius 2 is 2.02 bits per heavy atom. The number of fused-ring (bicyclic) bond motifs is 3. The Morgan fingerprint density at radius 1 is 1.27 bits per heavy atom. The van der Waals surface area contributed by atoms with Gasteiger partial charge in [-0.15, -0.1) is 11.3 Å². The number of amides is 3. The summed E-state index contributed by atoms with van der Waals surface area (Å²) >= 11 is 1.15. The van der Waals surface area contributed by atoms with Gasteiger partial charge in [0.1, 0.15) is 11.1 Å². The molecule has 44 heavy (non-hydrogen) atoms. The number of oxazole rings is 1. The lowest BCUT2D eigenvalue weighted by Gasteiger charge is -2.59. The molecule has 2 bridgehead atoms. The molecule has 2 aromatic heterocycles. The number of likely N-dealkylation sites (tertiary alicyclic amines) is 1. The summed E-state index contributed by atoms with van der Waals surface area (Å²) in [7, 11) is 1.46. The van der Waals surface area contributed by atoms with Gasteiger partial charge in [0, 0.05) is 37.5 Å². The molecule has 0 radical (unpaired) electrons. The molecule has 3 amide bonds. The highest BCUT2D eigenvalue weighted by Gasteiger charge is 2.68. The smallest absolute Gasteiger partial charge is 0.431 e. The molecule has 1 saturated carbocycles. The number of halogens is 3. The summed E-state index contributed by atoms with van der Waals surface area (Å²) in [4.78, 5) is 51.0. The number of ether oxygens (including phenoxy) is 2. The van der Waals surface area contributed by atoms with Crippen molar-refractivity contribution in [3.05, 3.63) is 28.5 Å². The molecule has 1 aliphatic carbocycles. The van der Waals surface area contributed by atoms with Crippen molar-refractivity contribution in [2.24, 2.45) is 28.4 Å². The first-order valence-electron chi connectivity index (χ1n) is 14.6. The van der Waals surface area contributed by atoms with E-state index in [0.29, 0.717) is 24.4 Å². The van der Waals surface area contributed by atoms with Crippen molar-refractivity contribution in [1.29, 1.82) is 0 Å². The molecule has 1 spiro atoms. The van der Waals surface area contributed by atoms with Crippen molar-refractivity contribution in [3.8, 4) is 0 Å². The molecule has 4 aliphatic heterocycles. The molecule has 3 unspecified atom stereocenters. The van der Waals surface area contributed by atoms with Gasteiger partial charge in [0.25, 0.3) is 11.9 Å². The van der Waals surface area contributed by atoms with Crippen molar-refractivity contribution in [2.75, 3.05) is 44.8 Å².